The second-order valence-electron chi connectivity index (χ2n) is 7.91. The normalized spacial score (nSPS) is 17.1. The minimum atomic E-state index is -0.260. The van der Waals surface area contributed by atoms with Gasteiger partial charge in [-0.3, -0.25) is 14.8 Å². The lowest BCUT2D eigenvalue weighted by atomic mass is 10.1. The van der Waals surface area contributed by atoms with Crippen LogP contribution in [0.3, 0.4) is 0 Å². The van der Waals surface area contributed by atoms with E-state index in [1.165, 1.54) is 5.57 Å². The van der Waals surface area contributed by atoms with Crippen LogP contribution in [0.5, 0.6) is 0 Å². The number of nitrogens with one attached hydrogen (secondary N) is 2. The van der Waals surface area contributed by atoms with E-state index in [0.717, 1.165) is 48.2 Å². The van der Waals surface area contributed by atoms with Crippen molar-refractivity contribution in [2.45, 2.75) is 25.8 Å². The fraction of sp³-hybridized carbons (Fsp3) is 0.308. The third-order valence-corrected chi connectivity index (χ3v) is 6.62. The molecule has 2 heterocycles. The summed E-state index contributed by atoms with van der Waals surface area (Å²) in [6.07, 6.45) is 3.80. The summed E-state index contributed by atoms with van der Waals surface area (Å²) in [7, 11) is 0. The van der Waals surface area contributed by atoms with Gasteiger partial charge in [-0.15, -0.1) is 0 Å². The van der Waals surface area contributed by atoms with Gasteiger partial charge in [-0.25, -0.2) is 0 Å². The van der Waals surface area contributed by atoms with E-state index in [2.05, 4.69) is 16.7 Å². The van der Waals surface area contributed by atoms with Crippen LogP contribution in [0.15, 0.2) is 70.3 Å². The van der Waals surface area contributed by atoms with Crippen molar-refractivity contribution < 1.29 is 9.53 Å². The zero-order chi connectivity index (χ0) is 23.8. The quantitative estimate of drug-likeness (QED) is 0.527. The second kappa shape index (κ2) is 11.7. The van der Waals surface area contributed by atoms with E-state index < -0.39 is 0 Å². The van der Waals surface area contributed by atoms with Gasteiger partial charge in [0.25, 0.3) is 5.91 Å². The Kier molecular flexibility index (Phi) is 8.26. The van der Waals surface area contributed by atoms with Crippen LogP contribution in [0.4, 0.5) is 5.69 Å². The van der Waals surface area contributed by atoms with Gasteiger partial charge in [0.15, 0.2) is 0 Å². The maximum atomic E-state index is 12.8. The Balaban J connectivity index is 1.43. The topological polar surface area (TPSA) is 98.9 Å². The van der Waals surface area contributed by atoms with Crippen LogP contribution in [0.2, 0.25) is 0 Å². The Morgan fingerprint density at radius 3 is 3.00 bits per heavy atom. The number of amides is 1. The molecule has 0 saturated carbocycles. The molecule has 2 aromatic carbocycles. The summed E-state index contributed by atoms with van der Waals surface area (Å²) in [5.74, 6) is -0.260. The second-order valence-corrected chi connectivity index (χ2v) is 8.92. The number of ether oxygens (including phenoxy) is 1. The van der Waals surface area contributed by atoms with Gasteiger partial charge in [-0.05, 0) is 49.6 Å². The molecule has 2 aliphatic heterocycles. The summed E-state index contributed by atoms with van der Waals surface area (Å²) >= 11 is 1.56. The van der Waals surface area contributed by atoms with Gasteiger partial charge in [-0.2, -0.15) is 5.26 Å². The van der Waals surface area contributed by atoms with E-state index in [1.807, 2.05) is 37.4 Å². The molecule has 0 spiro atoms. The first kappa shape index (κ1) is 23.9. The molecular formula is C26H27N5O2S. The maximum absolute atomic E-state index is 12.8. The van der Waals surface area contributed by atoms with Gasteiger partial charge >= 0.3 is 0 Å². The molecule has 4 rings (SSSR count). The smallest absolute Gasteiger partial charge is 0.255 e. The Morgan fingerprint density at radius 1 is 1.26 bits per heavy atom. The minimum absolute atomic E-state index is 0.0354. The highest BCUT2D eigenvalue weighted by atomic mass is 32.2. The number of fused-ring (bicyclic) bond motifs is 1. The van der Waals surface area contributed by atoms with E-state index in [9.17, 15) is 4.79 Å². The monoisotopic (exact) mass is 473 g/mol. The molecular weight excluding hydrogens is 446 g/mol. The number of hydrogen-bond donors (Lipinski definition) is 2. The first-order chi connectivity index (χ1) is 16.7. The summed E-state index contributed by atoms with van der Waals surface area (Å²) in [6, 6.07) is 16.4. The Bertz CT molecular complexity index is 1180. The van der Waals surface area contributed by atoms with Crippen molar-refractivity contribution in [3.05, 3.63) is 77.0 Å². The van der Waals surface area contributed by atoms with Gasteiger partial charge in [0, 0.05) is 37.0 Å². The number of thioether (sulfide) groups is 1. The van der Waals surface area contributed by atoms with Crippen LogP contribution in [0, 0.1) is 11.3 Å². The van der Waals surface area contributed by atoms with Crippen molar-refractivity contribution in [2.24, 2.45) is 9.98 Å². The lowest BCUT2D eigenvalue weighted by molar-refractivity contribution is 0.102. The molecule has 0 aliphatic carbocycles. The van der Waals surface area contributed by atoms with Crippen LogP contribution in [-0.2, 0) is 4.74 Å². The van der Waals surface area contributed by atoms with Gasteiger partial charge in [0.2, 0.25) is 0 Å². The van der Waals surface area contributed by atoms with Gasteiger partial charge < -0.3 is 15.4 Å². The molecule has 0 radical (unpaired) electrons. The van der Waals surface area contributed by atoms with Gasteiger partial charge in [0.1, 0.15) is 16.1 Å². The van der Waals surface area contributed by atoms with Crippen LogP contribution < -0.4 is 10.6 Å². The van der Waals surface area contributed by atoms with Crippen LogP contribution >= 0.6 is 11.8 Å². The van der Waals surface area contributed by atoms with Crippen LogP contribution in [-0.4, -0.2) is 48.3 Å². The van der Waals surface area contributed by atoms with E-state index in [4.69, 9.17) is 20.0 Å². The van der Waals surface area contributed by atoms with Crippen LogP contribution in [0.25, 0.3) is 0 Å². The number of benzene rings is 2. The van der Waals surface area contributed by atoms with Gasteiger partial charge in [0.05, 0.1) is 23.9 Å². The zero-order valence-corrected chi connectivity index (χ0v) is 19.9. The predicted octanol–water partition coefficient (Wildman–Crippen LogP) is 4.37. The molecule has 8 heteroatoms. The molecule has 2 aromatic rings. The third-order valence-electron chi connectivity index (χ3n) is 5.51. The molecule has 34 heavy (non-hydrogen) atoms. The van der Waals surface area contributed by atoms with Crippen molar-refractivity contribution in [3.8, 4) is 6.07 Å². The number of hydrogen-bond acceptors (Lipinski definition) is 7. The average molecular weight is 474 g/mol. The Hall–Kier alpha value is -3.25. The summed E-state index contributed by atoms with van der Waals surface area (Å²) in [6.45, 7) is 5.07. The fourth-order valence-electron chi connectivity index (χ4n) is 3.73. The fourth-order valence-corrected chi connectivity index (χ4v) is 4.81. The number of anilines is 1. The molecule has 1 amide bonds. The highest BCUT2D eigenvalue weighted by Crippen LogP contribution is 2.34. The van der Waals surface area contributed by atoms with E-state index in [0.29, 0.717) is 23.4 Å². The maximum Gasteiger partial charge on any atom is 0.255 e. The van der Waals surface area contributed by atoms with Crippen molar-refractivity contribution in [3.63, 3.8) is 0 Å². The SMILES string of the molecule is CCOCCNCC1=CN=C2SC(c3ccccc3NC(=O)c3cccc(C#N)c3)=NC2CC1. The summed E-state index contributed by atoms with van der Waals surface area (Å²) in [5, 5.41) is 17.3. The number of rotatable bonds is 9. The highest BCUT2D eigenvalue weighted by Gasteiger charge is 2.29. The molecule has 0 aromatic heterocycles. The number of aliphatic imine (C=N–C) groups is 2. The standard InChI is InChI=1S/C26H27N5O2S/c1-2-33-13-12-28-16-19-10-11-23-26(29-17-19)34-25(31-23)21-8-3-4-9-22(21)30-24(32)20-7-5-6-18(14-20)15-27/h3-9,14,17,23,28H,2,10-13,16H2,1H3,(H,30,32). The molecule has 2 N–H and O–H groups in total. The minimum Gasteiger partial charge on any atom is -0.380 e. The number of nitriles is 1. The number of para-hydroxylation sites is 1. The molecule has 1 atom stereocenters. The Labute approximate surface area is 204 Å². The molecule has 1 unspecified atom stereocenters. The summed E-state index contributed by atoms with van der Waals surface area (Å²) < 4.78 is 5.36. The molecule has 0 fully saturated rings. The van der Waals surface area contributed by atoms with Crippen molar-refractivity contribution >= 4 is 33.4 Å². The van der Waals surface area contributed by atoms with Crippen molar-refractivity contribution in [1.29, 1.82) is 5.26 Å². The van der Waals surface area contributed by atoms with Gasteiger partial charge in [-0.1, -0.05) is 36.0 Å². The number of nitrogens with zero attached hydrogens (tertiary/aromatic N) is 3. The zero-order valence-electron chi connectivity index (χ0n) is 19.1. The van der Waals surface area contributed by atoms with E-state index in [1.54, 1.807) is 36.0 Å². The summed E-state index contributed by atoms with van der Waals surface area (Å²) in [5.41, 5.74) is 3.72. The molecule has 2 aliphatic rings. The lowest BCUT2D eigenvalue weighted by Crippen LogP contribution is -2.22. The first-order valence-electron chi connectivity index (χ1n) is 11.4. The van der Waals surface area contributed by atoms with E-state index in [-0.39, 0.29) is 11.9 Å². The largest absolute Gasteiger partial charge is 0.380 e. The van der Waals surface area contributed by atoms with Crippen LogP contribution in [0.1, 0.15) is 41.3 Å². The molecule has 7 nitrogen and oxygen atoms in total. The lowest BCUT2D eigenvalue weighted by Gasteiger charge is -2.11. The number of carbonyl (C=O) groups is 1. The van der Waals surface area contributed by atoms with Crippen molar-refractivity contribution in [2.75, 3.05) is 31.6 Å². The summed E-state index contributed by atoms with van der Waals surface area (Å²) in [4.78, 5) is 22.5. The molecule has 0 bridgehead atoms. The predicted molar refractivity (Wildman–Crippen MR) is 138 cm³/mol. The Morgan fingerprint density at radius 2 is 2.15 bits per heavy atom. The van der Waals surface area contributed by atoms with Crippen molar-refractivity contribution in [1.82, 2.24) is 5.32 Å². The highest BCUT2D eigenvalue weighted by molar-refractivity contribution is 8.27. The molecule has 0 saturated heterocycles. The first-order valence-corrected chi connectivity index (χ1v) is 12.2. The molecule has 174 valence electrons. The van der Waals surface area contributed by atoms with E-state index >= 15 is 0 Å². The number of carbonyl (C=O) groups excluding carboxylic acids is 1. The third kappa shape index (κ3) is 6.00. The average Bonchev–Trinajstić information content (AvgIpc) is 3.18.